The van der Waals surface area contributed by atoms with E-state index < -0.39 is 22.0 Å². The maximum atomic E-state index is 12.5. The molecule has 0 saturated carbocycles. The molecule has 3 rings (SSSR count). The number of hydrogen-bond donors (Lipinski definition) is 2. The van der Waals surface area contributed by atoms with Gasteiger partial charge in [-0.1, -0.05) is 0 Å². The summed E-state index contributed by atoms with van der Waals surface area (Å²) in [5, 5.41) is 9.13. The summed E-state index contributed by atoms with van der Waals surface area (Å²) < 4.78 is 38.3. The molecule has 10 heteroatoms. The Morgan fingerprint density at radius 1 is 1.19 bits per heavy atom. The van der Waals surface area contributed by atoms with E-state index >= 15 is 0 Å². The lowest BCUT2D eigenvalue weighted by Crippen LogP contribution is -2.41. The molecule has 0 radical (unpaired) electrons. The van der Waals surface area contributed by atoms with E-state index in [1.165, 1.54) is 17.0 Å². The first-order valence-corrected chi connectivity index (χ1v) is 10.3. The molecule has 2 heterocycles. The van der Waals surface area contributed by atoms with Crippen molar-refractivity contribution in [3.05, 3.63) is 18.2 Å². The number of hydrogen-bond acceptors (Lipinski definition) is 6. The molecule has 1 aromatic carbocycles. The predicted octanol–water partition coefficient (Wildman–Crippen LogP) is 0.592. The van der Waals surface area contributed by atoms with Gasteiger partial charge in [0.15, 0.2) is 11.5 Å². The van der Waals surface area contributed by atoms with E-state index in [2.05, 4.69) is 4.72 Å². The first-order chi connectivity index (χ1) is 12.9. The first kappa shape index (κ1) is 19.4. The van der Waals surface area contributed by atoms with E-state index in [1.807, 2.05) is 0 Å². The normalized spacial score (nSPS) is 19.6. The number of amides is 1. The number of carboxylic acids is 1. The van der Waals surface area contributed by atoms with Crippen molar-refractivity contribution in [1.29, 1.82) is 0 Å². The molecule has 27 heavy (non-hydrogen) atoms. The monoisotopic (exact) mass is 398 g/mol. The number of carboxylic acid groups (broad SMARTS) is 1. The van der Waals surface area contributed by atoms with Gasteiger partial charge in [-0.3, -0.25) is 4.79 Å². The lowest BCUT2D eigenvalue weighted by Gasteiger charge is -2.21. The zero-order chi connectivity index (χ0) is 19.4. The Balaban J connectivity index is 1.59. The SMILES string of the molecule is O=C(O)[C@@H]1CCCN1C(=O)CCNS(=O)(=O)c1ccc2c(c1)OCCCO2. The van der Waals surface area contributed by atoms with Gasteiger partial charge in [-0.05, 0) is 25.0 Å². The number of nitrogens with zero attached hydrogens (tertiary/aromatic N) is 1. The lowest BCUT2D eigenvalue weighted by atomic mass is 10.2. The standard InChI is InChI=1S/C17H22N2O7S/c20-16(19-8-1-3-13(19)17(21)22)6-7-18-27(23,24)12-4-5-14-15(11-12)26-10-2-9-25-14/h4-5,11,13,18H,1-3,6-10H2,(H,21,22)/t13-/m0/s1. The van der Waals surface area contributed by atoms with Gasteiger partial charge >= 0.3 is 5.97 Å². The summed E-state index contributed by atoms with van der Waals surface area (Å²) >= 11 is 0. The molecule has 0 aliphatic carbocycles. The molecule has 1 amide bonds. The van der Waals surface area contributed by atoms with Crippen molar-refractivity contribution >= 4 is 21.9 Å². The number of sulfonamides is 1. The number of carbonyl (C=O) groups is 2. The molecular formula is C17H22N2O7S. The molecular weight excluding hydrogens is 376 g/mol. The Morgan fingerprint density at radius 2 is 1.93 bits per heavy atom. The lowest BCUT2D eigenvalue weighted by molar-refractivity contribution is -0.148. The van der Waals surface area contributed by atoms with E-state index in [0.717, 1.165) is 0 Å². The number of fused-ring (bicyclic) bond motifs is 1. The van der Waals surface area contributed by atoms with E-state index in [9.17, 15) is 18.0 Å². The highest BCUT2D eigenvalue weighted by Crippen LogP contribution is 2.31. The third-order valence-corrected chi connectivity index (χ3v) is 5.98. The van der Waals surface area contributed by atoms with Crippen molar-refractivity contribution in [1.82, 2.24) is 9.62 Å². The van der Waals surface area contributed by atoms with E-state index in [-0.39, 0.29) is 23.8 Å². The van der Waals surface area contributed by atoms with Gasteiger partial charge in [0.1, 0.15) is 6.04 Å². The highest BCUT2D eigenvalue weighted by atomic mass is 32.2. The maximum absolute atomic E-state index is 12.5. The highest BCUT2D eigenvalue weighted by Gasteiger charge is 2.33. The third-order valence-electron chi connectivity index (χ3n) is 4.52. The van der Waals surface area contributed by atoms with Gasteiger partial charge in [0.25, 0.3) is 0 Å². The molecule has 0 bridgehead atoms. The van der Waals surface area contributed by atoms with Crippen LogP contribution in [-0.4, -0.2) is 62.6 Å². The van der Waals surface area contributed by atoms with Gasteiger partial charge in [-0.15, -0.1) is 0 Å². The van der Waals surface area contributed by atoms with Crippen LogP contribution in [0.3, 0.4) is 0 Å². The molecule has 0 aromatic heterocycles. The van der Waals surface area contributed by atoms with Crippen LogP contribution in [0.15, 0.2) is 23.1 Å². The minimum absolute atomic E-state index is 0.0174. The van der Waals surface area contributed by atoms with Crippen molar-refractivity contribution in [2.75, 3.05) is 26.3 Å². The fourth-order valence-electron chi connectivity index (χ4n) is 3.15. The number of ether oxygens (including phenoxy) is 2. The number of carbonyl (C=O) groups excluding carboxylic acids is 1. The van der Waals surface area contributed by atoms with Gasteiger partial charge < -0.3 is 19.5 Å². The van der Waals surface area contributed by atoms with Crippen molar-refractivity contribution < 1.29 is 32.6 Å². The quantitative estimate of drug-likeness (QED) is 0.719. The van der Waals surface area contributed by atoms with Crippen LogP contribution in [0.5, 0.6) is 11.5 Å². The molecule has 9 nitrogen and oxygen atoms in total. The molecule has 1 saturated heterocycles. The van der Waals surface area contributed by atoms with Crippen LogP contribution in [0.2, 0.25) is 0 Å². The zero-order valence-corrected chi connectivity index (χ0v) is 15.5. The number of aliphatic carboxylic acids is 1. The average molecular weight is 398 g/mol. The minimum Gasteiger partial charge on any atom is -0.490 e. The van der Waals surface area contributed by atoms with Crippen molar-refractivity contribution in [3.8, 4) is 11.5 Å². The summed E-state index contributed by atoms with van der Waals surface area (Å²) in [6.07, 6.45) is 1.66. The average Bonchev–Trinajstić information content (AvgIpc) is 3.01. The van der Waals surface area contributed by atoms with Crippen LogP contribution in [0, 0.1) is 0 Å². The topological polar surface area (TPSA) is 122 Å². The van der Waals surface area contributed by atoms with Gasteiger partial charge in [-0.2, -0.15) is 0 Å². The molecule has 0 unspecified atom stereocenters. The largest absolute Gasteiger partial charge is 0.490 e. The fraction of sp³-hybridized carbons (Fsp3) is 0.529. The van der Waals surface area contributed by atoms with Gasteiger partial charge in [0.05, 0.1) is 18.1 Å². The van der Waals surface area contributed by atoms with E-state index in [4.69, 9.17) is 14.6 Å². The summed E-state index contributed by atoms with van der Waals surface area (Å²) in [5.41, 5.74) is 0. The molecule has 148 valence electrons. The second-order valence-electron chi connectivity index (χ2n) is 6.39. The van der Waals surface area contributed by atoms with Gasteiger partial charge in [0.2, 0.25) is 15.9 Å². The molecule has 0 spiro atoms. The van der Waals surface area contributed by atoms with Crippen LogP contribution < -0.4 is 14.2 Å². The Kier molecular flexibility index (Phi) is 5.85. The predicted molar refractivity (Wildman–Crippen MR) is 94.2 cm³/mol. The molecule has 1 aromatic rings. The van der Waals surface area contributed by atoms with Crippen LogP contribution in [-0.2, 0) is 19.6 Å². The molecule has 1 atom stereocenters. The second-order valence-corrected chi connectivity index (χ2v) is 8.16. The number of rotatable bonds is 6. The van der Waals surface area contributed by atoms with Crippen molar-refractivity contribution in [3.63, 3.8) is 0 Å². The van der Waals surface area contributed by atoms with E-state index in [0.29, 0.717) is 50.5 Å². The second kappa shape index (κ2) is 8.13. The maximum Gasteiger partial charge on any atom is 0.326 e. The Labute approximate surface area is 157 Å². The molecule has 2 aliphatic rings. The van der Waals surface area contributed by atoms with Crippen LogP contribution >= 0.6 is 0 Å². The summed E-state index contributed by atoms with van der Waals surface area (Å²) in [5.74, 6) is -0.543. The minimum atomic E-state index is -3.83. The Morgan fingerprint density at radius 3 is 2.67 bits per heavy atom. The van der Waals surface area contributed by atoms with Gasteiger partial charge in [-0.25, -0.2) is 17.9 Å². The summed E-state index contributed by atoms with van der Waals surface area (Å²) in [7, 11) is -3.83. The number of benzene rings is 1. The summed E-state index contributed by atoms with van der Waals surface area (Å²) in [6.45, 7) is 1.22. The van der Waals surface area contributed by atoms with Crippen LogP contribution in [0.4, 0.5) is 0 Å². The summed E-state index contributed by atoms with van der Waals surface area (Å²) in [4.78, 5) is 24.7. The fourth-order valence-corrected chi connectivity index (χ4v) is 4.20. The Hall–Kier alpha value is -2.33. The number of nitrogens with one attached hydrogen (secondary N) is 1. The number of likely N-dealkylation sites (tertiary alicyclic amines) is 1. The third kappa shape index (κ3) is 4.51. The first-order valence-electron chi connectivity index (χ1n) is 8.80. The zero-order valence-electron chi connectivity index (χ0n) is 14.7. The van der Waals surface area contributed by atoms with Crippen LogP contribution in [0.25, 0.3) is 0 Å². The molecule has 2 aliphatic heterocycles. The molecule has 2 N–H and O–H groups in total. The van der Waals surface area contributed by atoms with E-state index in [1.54, 1.807) is 6.07 Å². The van der Waals surface area contributed by atoms with Crippen molar-refractivity contribution in [2.45, 2.75) is 36.6 Å². The van der Waals surface area contributed by atoms with Crippen molar-refractivity contribution in [2.24, 2.45) is 0 Å². The summed E-state index contributed by atoms with van der Waals surface area (Å²) in [6, 6.07) is 3.53. The van der Waals surface area contributed by atoms with Crippen LogP contribution in [0.1, 0.15) is 25.7 Å². The highest BCUT2D eigenvalue weighted by molar-refractivity contribution is 7.89. The molecule has 1 fully saturated rings. The Bertz CT molecular complexity index is 825. The smallest absolute Gasteiger partial charge is 0.326 e. The van der Waals surface area contributed by atoms with Gasteiger partial charge in [0, 0.05) is 32.0 Å².